The summed E-state index contributed by atoms with van der Waals surface area (Å²) in [5.41, 5.74) is 14.7. The van der Waals surface area contributed by atoms with Gasteiger partial charge in [0, 0.05) is 12.1 Å². The van der Waals surface area contributed by atoms with E-state index in [1.807, 2.05) is 35.6 Å². The molecule has 7 heteroatoms. The van der Waals surface area contributed by atoms with Crippen molar-refractivity contribution in [2.75, 3.05) is 5.32 Å². The fraction of sp³-hybridized carbons (Fsp3) is 0.375. The summed E-state index contributed by atoms with van der Waals surface area (Å²) in [7, 11) is 0. The largest absolute Gasteiger partial charge is 0.351 e. The van der Waals surface area contributed by atoms with Crippen LogP contribution in [0.15, 0.2) is 41.6 Å². The fourth-order valence-electron chi connectivity index (χ4n) is 2.80. The third kappa shape index (κ3) is 4.08. The second kappa shape index (κ2) is 7.26. The van der Waals surface area contributed by atoms with Crippen molar-refractivity contribution in [1.82, 2.24) is 9.97 Å². The molecule has 1 aromatic heterocycles. The van der Waals surface area contributed by atoms with Gasteiger partial charge in [0.1, 0.15) is 5.69 Å². The molecule has 1 aliphatic carbocycles. The Morgan fingerprint density at radius 1 is 1.17 bits per heavy atom. The maximum Gasteiger partial charge on any atom is 0.262 e. The van der Waals surface area contributed by atoms with Crippen LogP contribution >= 0.6 is 0 Å². The van der Waals surface area contributed by atoms with Crippen LogP contribution in [0.3, 0.4) is 0 Å². The minimum Gasteiger partial charge on any atom is -0.351 e. The first kappa shape index (κ1) is 15.5. The summed E-state index contributed by atoms with van der Waals surface area (Å²) in [6.45, 7) is 0. The summed E-state index contributed by atoms with van der Waals surface area (Å²) in [6, 6.07) is 10.6. The molecule has 0 saturated heterocycles. The molecule has 0 radical (unpaired) electrons. The third-order valence-corrected chi connectivity index (χ3v) is 4.13. The first-order valence-corrected chi connectivity index (χ1v) is 7.91. The Morgan fingerprint density at radius 2 is 1.91 bits per heavy atom. The van der Waals surface area contributed by atoms with E-state index in [0.717, 1.165) is 31.4 Å². The highest BCUT2D eigenvalue weighted by atomic mass is 15.2. The van der Waals surface area contributed by atoms with Crippen LogP contribution in [0.5, 0.6) is 0 Å². The quantitative estimate of drug-likeness (QED) is 0.501. The van der Waals surface area contributed by atoms with Crippen LogP contribution in [-0.2, 0) is 0 Å². The van der Waals surface area contributed by atoms with Gasteiger partial charge in [0.2, 0.25) is 5.95 Å². The Morgan fingerprint density at radius 3 is 2.61 bits per heavy atom. The van der Waals surface area contributed by atoms with Gasteiger partial charge in [0.05, 0.1) is 6.20 Å². The van der Waals surface area contributed by atoms with E-state index in [0.29, 0.717) is 29.5 Å². The number of para-hydroxylation sites is 1. The lowest BCUT2D eigenvalue weighted by atomic mass is 9.92. The zero-order chi connectivity index (χ0) is 16.1. The van der Waals surface area contributed by atoms with E-state index in [2.05, 4.69) is 20.4 Å². The molecule has 1 saturated carbocycles. The van der Waals surface area contributed by atoms with Crippen molar-refractivity contribution >= 4 is 23.1 Å². The van der Waals surface area contributed by atoms with Crippen LogP contribution < -0.4 is 16.4 Å². The molecule has 6 N–H and O–H groups in total. The van der Waals surface area contributed by atoms with E-state index in [-0.39, 0.29) is 0 Å². The maximum atomic E-state index is 7.29. The Balaban J connectivity index is 1.74. The highest BCUT2D eigenvalue weighted by Crippen LogP contribution is 2.23. The van der Waals surface area contributed by atoms with Crippen molar-refractivity contribution in [3.63, 3.8) is 0 Å². The highest BCUT2D eigenvalue weighted by Gasteiger charge is 2.20. The van der Waals surface area contributed by atoms with Crippen LogP contribution in [0, 0.1) is 5.53 Å². The number of hydrogen-bond acceptors (Lipinski definition) is 6. The molecular weight excluding hydrogens is 290 g/mol. The number of nitrogens with one attached hydrogen (secondary N) is 2. The lowest BCUT2D eigenvalue weighted by molar-refractivity contribution is -0.482. The first-order chi connectivity index (χ1) is 11.2. The molecule has 0 atom stereocenters. The molecule has 0 aliphatic heterocycles. The van der Waals surface area contributed by atoms with Crippen molar-refractivity contribution in [1.29, 1.82) is 5.53 Å². The van der Waals surface area contributed by atoms with Crippen molar-refractivity contribution in [2.45, 2.75) is 37.8 Å². The predicted octanol–water partition coefficient (Wildman–Crippen LogP) is 2.35. The smallest absolute Gasteiger partial charge is 0.262 e. The number of nitrogens with two attached hydrogens (primary N) is 2. The molecule has 1 heterocycles. The second-order valence-electron chi connectivity index (χ2n) is 5.89. The van der Waals surface area contributed by atoms with Crippen molar-refractivity contribution in [3.05, 3.63) is 36.5 Å². The summed E-state index contributed by atoms with van der Waals surface area (Å²) in [4.78, 5) is 8.81. The molecule has 2 aromatic rings. The Hall–Kier alpha value is -2.38. The Kier molecular flexibility index (Phi) is 4.89. The number of hydrogen-bond donors (Lipinski definition) is 4. The lowest BCUT2D eigenvalue weighted by Gasteiger charge is -2.26. The summed E-state index contributed by atoms with van der Waals surface area (Å²) < 4.78 is 0. The van der Waals surface area contributed by atoms with E-state index in [1.54, 1.807) is 6.20 Å². The average molecular weight is 312 g/mol. The average Bonchev–Trinajstić information content (AvgIpc) is 2.58. The molecule has 1 fully saturated rings. The number of quaternary nitrogens is 1. The van der Waals surface area contributed by atoms with Crippen molar-refractivity contribution < 1.29 is 5.32 Å². The maximum absolute atomic E-state index is 7.29. The first-order valence-electron chi connectivity index (χ1n) is 7.91. The zero-order valence-electron chi connectivity index (χ0n) is 12.9. The standard InChI is InChI=1S/C16H21N7/c17-11-6-8-13(9-7-11)21-16-19-10-14(23-18)15(22-16)20-12-4-2-1-3-5-12/h1-5,10-11,13,18H,6-9,17H2,(H2,19,20,21,22)/p+1. The van der Waals surface area contributed by atoms with Crippen molar-refractivity contribution in [2.24, 2.45) is 10.8 Å². The van der Waals surface area contributed by atoms with Crippen LogP contribution in [0.2, 0.25) is 0 Å². The molecule has 0 bridgehead atoms. The molecule has 1 aromatic carbocycles. The summed E-state index contributed by atoms with van der Waals surface area (Å²) >= 11 is 0. The van der Waals surface area contributed by atoms with Crippen LogP contribution in [0.4, 0.5) is 23.1 Å². The van der Waals surface area contributed by atoms with Gasteiger partial charge in [-0.25, -0.2) is 10.5 Å². The SMILES string of the molecule is N=Nc1cnc(NC2CCC(N)CC2)nc1[NH2+]c1ccccc1. The topological polar surface area (TPSA) is 117 Å². The van der Waals surface area contributed by atoms with E-state index in [1.165, 1.54) is 0 Å². The normalized spacial score (nSPS) is 20.9. The van der Waals surface area contributed by atoms with E-state index >= 15 is 0 Å². The summed E-state index contributed by atoms with van der Waals surface area (Å²) in [6.07, 6.45) is 5.72. The van der Waals surface area contributed by atoms with Crippen LogP contribution in [0.25, 0.3) is 0 Å². The van der Waals surface area contributed by atoms with E-state index < -0.39 is 0 Å². The summed E-state index contributed by atoms with van der Waals surface area (Å²) in [5, 5.41) is 8.81. The van der Waals surface area contributed by atoms with Gasteiger partial charge in [0.25, 0.3) is 5.82 Å². The molecule has 23 heavy (non-hydrogen) atoms. The Bertz CT molecular complexity index is 651. The molecular formula is C16H22N7+. The monoisotopic (exact) mass is 312 g/mol. The van der Waals surface area contributed by atoms with Crippen LogP contribution in [0.1, 0.15) is 25.7 Å². The number of aromatic nitrogens is 2. The van der Waals surface area contributed by atoms with Gasteiger partial charge in [-0.1, -0.05) is 18.2 Å². The van der Waals surface area contributed by atoms with E-state index in [9.17, 15) is 0 Å². The molecule has 7 nitrogen and oxygen atoms in total. The minimum absolute atomic E-state index is 0.320. The van der Waals surface area contributed by atoms with Gasteiger partial charge in [-0.3, -0.25) is 5.32 Å². The molecule has 0 unspecified atom stereocenters. The van der Waals surface area contributed by atoms with Gasteiger partial charge >= 0.3 is 0 Å². The van der Waals surface area contributed by atoms with Gasteiger partial charge < -0.3 is 11.1 Å². The zero-order valence-corrected chi connectivity index (χ0v) is 12.9. The second-order valence-corrected chi connectivity index (χ2v) is 5.89. The van der Waals surface area contributed by atoms with Gasteiger partial charge in [-0.15, -0.1) is 5.11 Å². The molecule has 1 aliphatic rings. The van der Waals surface area contributed by atoms with E-state index in [4.69, 9.17) is 11.3 Å². The number of rotatable bonds is 5. The van der Waals surface area contributed by atoms with Crippen molar-refractivity contribution in [3.8, 4) is 0 Å². The number of anilines is 1. The lowest BCUT2D eigenvalue weighted by Crippen LogP contribution is -2.71. The fourth-order valence-corrected chi connectivity index (χ4v) is 2.80. The number of benzene rings is 1. The van der Waals surface area contributed by atoms with Gasteiger partial charge in [0.15, 0.2) is 5.69 Å². The third-order valence-electron chi connectivity index (χ3n) is 4.13. The predicted molar refractivity (Wildman–Crippen MR) is 88.4 cm³/mol. The minimum atomic E-state index is 0.320. The molecule has 0 spiro atoms. The number of nitrogens with zero attached hydrogens (tertiary/aromatic N) is 3. The van der Waals surface area contributed by atoms with Gasteiger partial charge in [-0.2, -0.15) is 4.98 Å². The summed E-state index contributed by atoms with van der Waals surface area (Å²) in [5.74, 6) is 1.23. The molecule has 0 amide bonds. The Labute approximate surface area is 135 Å². The molecule has 3 rings (SSSR count). The highest BCUT2D eigenvalue weighted by molar-refractivity contribution is 5.53. The molecule has 120 valence electrons. The van der Waals surface area contributed by atoms with Gasteiger partial charge in [-0.05, 0) is 37.8 Å². The van der Waals surface area contributed by atoms with Crippen LogP contribution in [-0.4, -0.2) is 22.1 Å².